The quantitative estimate of drug-likeness (QED) is 0.897. The summed E-state index contributed by atoms with van der Waals surface area (Å²) in [6.45, 7) is 0.435. The van der Waals surface area contributed by atoms with Gasteiger partial charge < -0.3 is 15.8 Å². The third-order valence-corrected chi connectivity index (χ3v) is 3.91. The van der Waals surface area contributed by atoms with Crippen LogP contribution in [0.2, 0.25) is 0 Å². The summed E-state index contributed by atoms with van der Waals surface area (Å²) in [7, 11) is 0. The molecule has 3 rings (SSSR count). The minimum absolute atomic E-state index is 0.197. The lowest BCUT2D eigenvalue weighted by Gasteiger charge is -2.12. The van der Waals surface area contributed by atoms with Crippen molar-refractivity contribution in [2.24, 2.45) is 5.73 Å². The van der Waals surface area contributed by atoms with Gasteiger partial charge in [-0.1, -0.05) is 36.4 Å². The molecule has 2 aromatic carbocycles. The highest BCUT2D eigenvalue weighted by molar-refractivity contribution is 5.85. The lowest BCUT2D eigenvalue weighted by atomic mass is 10.1. The number of carbonyl (C=O) groups excluding carboxylic acids is 2. The van der Waals surface area contributed by atoms with Gasteiger partial charge in [0.05, 0.1) is 0 Å². The Bertz CT molecular complexity index is 714. The lowest BCUT2D eigenvalue weighted by molar-refractivity contribution is -0.137. The second-order valence-corrected chi connectivity index (χ2v) is 5.49. The largest absolute Gasteiger partial charge is 0.367 e. The number of primary amides is 1. The third-order valence-electron chi connectivity index (χ3n) is 3.91. The first-order valence-electron chi connectivity index (χ1n) is 7.33. The van der Waals surface area contributed by atoms with Crippen LogP contribution < -0.4 is 11.1 Å². The highest BCUT2D eigenvalue weighted by Crippen LogP contribution is 2.20. The summed E-state index contributed by atoms with van der Waals surface area (Å²) >= 11 is 0. The van der Waals surface area contributed by atoms with Gasteiger partial charge in [-0.25, -0.2) is 0 Å². The Balaban J connectivity index is 1.59. The molecule has 0 saturated carbocycles. The topological polar surface area (TPSA) is 81.4 Å². The fourth-order valence-corrected chi connectivity index (χ4v) is 2.69. The molecular weight excluding hydrogens is 280 g/mol. The summed E-state index contributed by atoms with van der Waals surface area (Å²) in [5.74, 6) is -0.707. The highest BCUT2D eigenvalue weighted by Gasteiger charge is 2.33. The van der Waals surface area contributed by atoms with E-state index >= 15 is 0 Å². The number of hydrogen-bond acceptors (Lipinski definition) is 3. The van der Waals surface area contributed by atoms with Gasteiger partial charge in [-0.15, -0.1) is 0 Å². The van der Waals surface area contributed by atoms with E-state index in [2.05, 4.69) is 11.4 Å². The molecule has 1 fully saturated rings. The smallest absolute Gasteiger partial charge is 0.249 e. The zero-order chi connectivity index (χ0) is 15.5. The SMILES string of the molecule is NC(=O)[C@@H]1CC[C@H](C(=O)NCc2ccc3ccccc3c2)O1. The van der Waals surface area contributed by atoms with Gasteiger partial charge in [0.15, 0.2) is 0 Å². The summed E-state index contributed by atoms with van der Waals surface area (Å²) in [6, 6.07) is 14.2. The number of nitrogens with two attached hydrogens (primary N) is 1. The molecule has 0 aliphatic carbocycles. The Morgan fingerprint density at radius 3 is 2.55 bits per heavy atom. The molecule has 3 N–H and O–H groups in total. The van der Waals surface area contributed by atoms with Crippen LogP contribution in [-0.2, 0) is 20.9 Å². The van der Waals surface area contributed by atoms with Crippen molar-refractivity contribution in [3.05, 3.63) is 48.0 Å². The third kappa shape index (κ3) is 3.09. The zero-order valence-corrected chi connectivity index (χ0v) is 12.1. The van der Waals surface area contributed by atoms with Gasteiger partial charge in [-0.2, -0.15) is 0 Å². The molecule has 5 heteroatoms. The molecule has 2 aromatic rings. The van der Waals surface area contributed by atoms with Gasteiger partial charge in [-0.05, 0) is 35.2 Å². The number of amides is 2. The molecule has 114 valence electrons. The van der Waals surface area contributed by atoms with Crippen molar-refractivity contribution < 1.29 is 14.3 Å². The summed E-state index contributed by atoms with van der Waals surface area (Å²) in [5.41, 5.74) is 6.21. The maximum Gasteiger partial charge on any atom is 0.249 e. The number of hydrogen-bond donors (Lipinski definition) is 2. The first-order chi connectivity index (χ1) is 10.6. The van der Waals surface area contributed by atoms with Crippen LogP contribution in [0.15, 0.2) is 42.5 Å². The average Bonchev–Trinajstić information content (AvgIpc) is 3.03. The Morgan fingerprint density at radius 1 is 1.09 bits per heavy atom. The van der Waals surface area contributed by atoms with Crippen LogP contribution in [0.3, 0.4) is 0 Å². The van der Waals surface area contributed by atoms with E-state index in [0.29, 0.717) is 19.4 Å². The van der Waals surface area contributed by atoms with Crippen molar-refractivity contribution in [2.75, 3.05) is 0 Å². The predicted molar refractivity (Wildman–Crippen MR) is 82.9 cm³/mol. The number of nitrogens with one attached hydrogen (secondary N) is 1. The minimum atomic E-state index is -0.642. The fraction of sp³-hybridized carbons (Fsp3) is 0.294. The first kappa shape index (κ1) is 14.5. The van der Waals surface area contributed by atoms with Gasteiger partial charge in [0.25, 0.3) is 0 Å². The monoisotopic (exact) mass is 298 g/mol. The molecule has 0 unspecified atom stereocenters. The molecule has 5 nitrogen and oxygen atoms in total. The van der Waals surface area contributed by atoms with Gasteiger partial charge in [0.2, 0.25) is 11.8 Å². The van der Waals surface area contributed by atoms with Gasteiger partial charge in [0.1, 0.15) is 12.2 Å². The van der Waals surface area contributed by atoms with Crippen LogP contribution in [0.1, 0.15) is 18.4 Å². The first-order valence-corrected chi connectivity index (χ1v) is 7.33. The minimum Gasteiger partial charge on any atom is -0.367 e. The average molecular weight is 298 g/mol. The van der Waals surface area contributed by atoms with E-state index in [0.717, 1.165) is 10.9 Å². The van der Waals surface area contributed by atoms with Crippen LogP contribution in [0.25, 0.3) is 10.8 Å². The second kappa shape index (κ2) is 6.15. The van der Waals surface area contributed by atoms with Crippen molar-refractivity contribution in [1.29, 1.82) is 0 Å². The maximum absolute atomic E-state index is 12.1. The van der Waals surface area contributed by atoms with E-state index in [1.54, 1.807) is 0 Å². The van der Waals surface area contributed by atoms with Crippen LogP contribution in [0, 0.1) is 0 Å². The molecule has 0 bridgehead atoms. The maximum atomic E-state index is 12.1. The Hall–Kier alpha value is -2.40. The molecule has 1 heterocycles. The standard InChI is InChI=1S/C17H18N2O3/c18-16(20)14-7-8-15(22-14)17(21)19-10-11-5-6-12-3-1-2-4-13(12)9-11/h1-6,9,14-15H,7-8,10H2,(H2,18,20)(H,19,21)/t14-,15+/m0/s1. The van der Waals surface area contributed by atoms with Gasteiger partial charge >= 0.3 is 0 Å². The van der Waals surface area contributed by atoms with Crippen LogP contribution in [0.5, 0.6) is 0 Å². The van der Waals surface area contributed by atoms with E-state index in [1.165, 1.54) is 5.39 Å². The summed E-state index contributed by atoms with van der Waals surface area (Å²) < 4.78 is 5.36. The van der Waals surface area contributed by atoms with Crippen molar-refractivity contribution in [2.45, 2.75) is 31.6 Å². The van der Waals surface area contributed by atoms with Crippen molar-refractivity contribution in [1.82, 2.24) is 5.32 Å². The number of ether oxygens (including phenoxy) is 1. The molecule has 1 aliphatic rings. The fourth-order valence-electron chi connectivity index (χ4n) is 2.69. The number of carbonyl (C=O) groups is 2. The molecule has 22 heavy (non-hydrogen) atoms. The van der Waals surface area contributed by atoms with Crippen LogP contribution >= 0.6 is 0 Å². The van der Waals surface area contributed by atoms with Crippen LogP contribution in [-0.4, -0.2) is 24.0 Å². The number of fused-ring (bicyclic) bond motifs is 1. The molecule has 0 spiro atoms. The van der Waals surface area contributed by atoms with Gasteiger partial charge in [-0.3, -0.25) is 9.59 Å². The van der Waals surface area contributed by atoms with E-state index in [-0.39, 0.29) is 5.91 Å². The summed E-state index contributed by atoms with van der Waals surface area (Å²) in [6.07, 6.45) is -0.199. The lowest BCUT2D eigenvalue weighted by Crippen LogP contribution is -2.36. The molecule has 1 aliphatic heterocycles. The number of rotatable bonds is 4. The molecule has 2 amide bonds. The molecular formula is C17H18N2O3. The van der Waals surface area contributed by atoms with E-state index < -0.39 is 18.1 Å². The molecule has 0 aromatic heterocycles. The Kier molecular flexibility index (Phi) is 4.06. The molecule has 0 radical (unpaired) electrons. The van der Waals surface area contributed by atoms with E-state index in [9.17, 15) is 9.59 Å². The normalized spacial score (nSPS) is 20.9. The molecule has 2 atom stereocenters. The van der Waals surface area contributed by atoms with Crippen molar-refractivity contribution in [3.8, 4) is 0 Å². The van der Waals surface area contributed by atoms with E-state index in [4.69, 9.17) is 10.5 Å². The van der Waals surface area contributed by atoms with Crippen LogP contribution in [0.4, 0.5) is 0 Å². The Labute approximate surface area is 128 Å². The van der Waals surface area contributed by atoms with E-state index in [1.807, 2.05) is 36.4 Å². The molecule has 1 saturated heterocycles. The zero-order valence-electron chi connectivity index (χ0n) is 12.1. The van der Waals surface area contributed by atoms with Crippen molar-refractivity contribution in [3.63, 3.8) is 0 Å². The second-order valence-electron chi connectivity index (χ2n) is 5.49. The summed E-state index contributed by atoms with van der Waals surface area (Å²) in [5, 5.41) is 5.16. The Morgan fingerprint density at radius 2 is 1.82 bits per heavy atom. The number of benzene rings is 2. The predicted octanol–water partition coefficient (Wildman–Crippen LogP) is 1.49. The summed E-state index contributed by atoms with van der Waals surface area (Å²) in [4.78, 5) is 23.1. The van der Waals surface area contributed by atoms with Crippen molar-refractivity contribution >= 4 is 22.6 Å². The highest BCUT2D eigenvalue weighted by atomic mass is 16.5. The van der Waals surface area contributed by atoms with Gasteiger partial charge in [0, 0.05) is 6.54 Å².